The van der Waals surface area contributed by atoms with E-state index in [1.807, 2.05) is 23.5 Å². The van der Waals surface area contributed by atoms with Gasteiger partial charge in [0.1, 0.15) is 0 Å². The highest BCUT2D eigenvalue weighted by Crippen LogP contribution is 2.23. The molecule has 0 aliphatic carbocycles. The van der Waals surface area contributed by atoms with Gasteiger partial charge in [0.2, 0.25) is 0 Å². The third-order valence-electron chi connectivity index (χ3n) is 2.63. The number of hydrogen-bond donors (Lipinski definition) is 1. The van der Waals surface area contributed by atoms with Crippen LogP contribution in [-0.2, 0) is 19.0 Å². The van der Waals surface area contributed by atoms with Gasteiger partial charge in [0.15, 0.2) is 0 Å². The van der Waals surface area contributed by atoms with Crippen LogP contribution in [0, 0.1) is 0 Å². The highest BCUT2D eigenvalue weighted by molar-refractivity contribution is 7.98. The normalized spacial score (nSPS) is 12.1. The first-order chi connectivity index (χ1) is 7.95. The summed E-state index contributed by atoms with van der Waals surface area (Å²) in [4.78, 5) is 0. The molecule has 0 aliphatic rings. The summed E-state index contributed by atoms with van der Waals surface area (Å²) in [5.74, 6) is 1.23. The standard InChI is InChI=1S/C13H25N3S/c1-13(2,3)12-11(10-16(4)15-12)9-14-7-6-8-17-5/h10,14H,6-9H2,1-5H3. The van der Waals surface area contributed by atoms with Crippen LogP contribution in [0.1, 0.15) is 38.4 Å². The maximum Gasteiger partial charge on any atom is 0.0722 e. The van der Waals surface area contributed by atoms with Crippen LogP contribution >= 0.6 is 11.8 Å². The molecule has 0 saturated heterocycles. The summed E-state index contributed by atoms with van der Waals surface area (Å²) in [7, 11) is 1.99. The highest BCUT2D eigenvalue weighted by atomic mass is 32.2. The molecular formula is C13H25N3S. The van der Waals surface area contributed by atoms with Crippen molar-refractivity contribution in [3.05, 3.63) is 17.5 Å². The first kappa shape index (κ1) is 14.6. The molecule has 0 amide bonds. The first-order valence-corrected chi connectivity index (χ1v) is 7.57. The number of thioether (sulfide) groups is 1. The molecule has 0 atom stereocenters. The van der Waals surface area contributed by atoms with E-state index in [0.717, 1.165) is 13.1 Å². The van der Waals surface area contributed by atoms with Gasteiger partial charge < -0.3 is 5.32 Å². The lowest BCUT2D eigenvalue weighted by Gasteiger charge is -2.17. The topological polar surface area (TPSA) is 29.9 Å². The predicted molar refractivity (Wildman–Crippen MR) is 76.6 cm³/mol. The van der Waals surface area contributed by atoms with E-state index >= 15 is 0 Å². The number of hydrogen-bond acceptors (Lipinski definition) is 3. The molecule has 1 heterocycles. The molecule has 0 radical (unpaired) electrons. The maximum absolute atomic E-state index is 4.57. The largest absolute Gasteiger partial charge is 0.313 e. The van der Waals surface area contributed by atoms with Gasteiger partial charge in [-0.2, -0.15) is 16.9 Å². The summed E-state index contributed by atoms with van der Waals surface area (Å²) in [5.41, 5.74) is 2.65. The maximum atomic E-state index is 4.57. The number of nitrogens with one attached hydrogen (secondary N) is 1. The smallest absolute Gasteiger partial charge is 0.0722 e. The number of nitrogens with zero attached hydrogens (tertiary/aromatic N) is 2. The fourth-order valence-corrected chi connectivity index (χ4v) is 2.30. The van der Waals surface area contributed by atoms with E-state index in [1.54, 1.807) is 0 Å². The van der Waals surface area contributed by atoms with Crippen LogP contribution in [0.3, 0.4) is 0 Å². The Bertz CT molecular complexity index is 339. The highest BCUT2D eigenvalue weighted by Gasteiger charge is 2.21. The van der Waals surface area contributed by atoms with Gasteiger partial charge in [-0.15, -0.1) is 0 Å². The molecule has 1 N–H and O–H groups in total. The first-order valence-electron chi connectivity index (χ1n) is 6.18. The van der Waals surface area contributed by atoms with E-state index < -0.39 is 0 Å². The monoisotopic (exact) mass is 255 g/mol. The Morgan fingerprint density at radius 1 is 1.41 bits per heavy atom. The summed E-state index contributed by atoms with van der Waals surface area (Å²) in [6.07, 6.45) is 5.51. The van der Waals surface area contributed by atoms with Crippen molar-refractivity contribution in [3.8, 4) is 0 Å². The summed E-state index contributed by atoms with van der Waals surface area (Å²) in [6, 6.07) is 0. The van der Waals surface area contributed by atoms with Crippen molar-refractivity contribution in [1.82, 2.24) is 15.1 Å². The predicted octanol–water partition coefficient (Wildman–Crippen LogP) is 2.56. The molecule has 0 saturated carbocycles. The van der Waals surface area contributed by atoms with Gasteiger partial charge in [-0.25, -0.2) is 0 Å². The number of aromatic nitrogens is 2. The second kappa shape index (κ2) is 6.45. The summed E-state index contributed by atoms with van der Waals surface area (Å²) >= 11 is 1.90. The minimum absolute atomic E-state index is 0.123. The van der Waals surface area contributed by atoms with Crippen LogP contribution < -0.4 is 5.32 Å². The van der Waals surface area contributed by atoms with Crippen LogP contribution in [0.2, 0.25) is 0 Å². The summed E-state index contributed by atoms with van der Waals surface area (Å²) in [5, 5.41) is 8.07. The Kier molecular flexibility index (Phi) is 5.53. The molecular weight excluding hydrogens is 230 g/mol. The van der Waals surface area contributed by atoms with Crippen LogP contribution in [0.5, 0.6) is 0 Å². The molecule has 0 spiro atoms. The summed E-state index contributed by atoms with van der Waals surface area (Å²) < 4.78 is 1.92. The van der Waals surface area contributed by atoms with Crippen molar-refractivity contribution < 1.29 is 0 Å². The second-order valence-electron chi connectivity index (χ2n) is 5.45. The van der Waals surface area contributed by atoms with Crippen molar-refractivity contribution in [3.63, 3.8) is 0 Å². The van der Waals surface area contributed by atoms with E-state index in [4.69, 9.17) is 0 Å². The van der Waals surface area contributed by atoms with Crippen LogP contribution in [-0.4, -0.2) is 28.3 Å². The zero-order chi connectivity index (χ0) is 12.9. The fraction of sp³-hybridized carbons (Fsp3) is 0.769. The third kappa shape index (κ3) is 4.72. The van der Waals surface area contributed by atoms with Crippen LogP contribution in [0.25, 0.3) is 0 Å². The average Bonchev–Trinajstić information content (AvgIpc) is 2.59. The molecule has 4 heteroatoms. The fourth-order valence-electron chi connectivity index (χ4n) is 1.86. The molecule has 0 aliphatic heterocycles. The third-order valence-corrected chi connectivity index (χ3v) is 3.33. The van der Waals surface area contributed by atoms with Crippen LogP contribution in [0.4, 0.5) is 0 Å². The van der Waals surface area contributed by atoms with E-state index in [-0.39, 0.29) is 5.41 Å². The van der Waals surface area contributed by atoms with Gasteiger partial charge in [0.25, 0.3) is 0 Å². The number of rotatable bonds is 6. The van der Waals surface area contributed by atoms with Crippen molar-refractivity contribution in [2.75, 3.05) is 18.6 Å². The molecule has 0 bridgehead atoms. The summed E-state index contributed by atoms with van der Waals surface area (Å²) in [6.45, 7) is 8.65. The Hall–Kier alpha value is -0.480. The second-order valence-corrected chi connectivity index (χ2v) is 6.44. The lowest BCUT2D eigenvalue weighted by molar-refractivity contribution is 0.543. The van der Waals surface area contributed by atoms with E-state index in [0.29, 0.717) is 0 Å². The molecule has 1 rings (SSSR count). The van der Waals surface area contributed by atoms with Crippen molar-refractivity contribution in [2.45, 2.75) is 39.2 Å². The average molecular weight is 255 g/mol. The molecule has 1 aromatic rings. The van der Waals surface area contributed by atoms with Gasteiger partial charge in [0, 0.05) is 30.8 Å². The van der Waals surface area contributed by atoms with Gasteiger partial charge in [-0.1, -0.05) is 20.8 Å². The molecule has 0 aromatic carbocycles. The van der Waals surface area contributed by atoms with Gasteiger partial charge >= 0.3 is 0 Å². The molecule has 98 valence electrons. The Morgan fingerprint density at radius 3 is 2.71 bits per heavy atom. The quantitative estimate of drug-likeness (QED) is 0.792. The lowest BCUT2D eigenvalue weighted by Crippen LogP contribution is -2.20. The van der Waals surface area contributed by atoms with Crippen molar-refractivity contribution in [2.24, 2.45) is 7.05 Å². The van der Waals surface area contributed by atoms with Gasteiger partial charge in [-0.3, -0.25) is 4.68 Å². The van der Waals surface area contributed by atoms with Crippen molar-refractivity contribution >= 4 is 11.8 Å². The Balaban J connectivity index is 2.53. The molecule has 17 heavy (non-hydrogen) atoms. The lowest BCUT2D eigenvalue weighted by atomic mass is 9.89. The minimum Gasteiger partial charge on any atom is -0.313 e. The molecule has 0 unspecified atom stereocenters. The Labute approximate surface area is 109 Å². The zero-order valence-corrected chi connectivity index (χ0v) is 12.5. The van der Waals surface area contributed by atoms with Crippen LogP contribution in [0.15, 0.2) is 6.20 Å². The van der Waals surface area contributed by atoms with E-state index in [9.17, 15) is 0 Å². The molecule has 3 nitrogen and oxygen atoms in total. The Morgan fingerprint density at radius 2 is 2.12 bits per heavy atom. The minimum atomic E-state index is 0.123. The van der Waals surface area contributed by atoms with E-state index in [1.165, 1.54) is 23.4 Å². The number of aryl methyl sites for hydroxylation is 1. The van der Waals surface area contributed by atoms with Gasteiger partial charge in [-0.05, 0) is 25.0 Å². The zero-order valence-electron chi connectivity index (χ0n) is 11.7. The van der Waals surface area contributed by atoms with Gasteiger partial charge in [0.05, 0.1) is 5.69 Å². The van der Waals surface area contributed by atoms with E-state index in [2.05, 4.69) is 43.6 Å². The molecule has 1 aromatic heterocycles. The van der Waals surface area contributed by atoms with Crippen molar-refractivity contribution in [1.29, 1.82) is 0 Å². The SMILES string of the molecule is CSCCCNCc1cn(C)nc1C(C)(C)C. The molecule has 0 fully saturated rings.